The van der Waals surface area contributed by atoms with Gasteiger partial charge in [0.25, 0.3) is 0 Å². The van der Waals surface area contributed by atoms with Crippen molar-refractivity contribution in [1.29, 1.82) is 0 Å². The molecule has 1 aromatic heterocycles. The van der Waals surface area contributed by atoms with Crippen LogP contribution >= 0.6 is 0 Å². The number of rotatable bonds is 0. The lowest BCUT2D eigenvalue weighted by molar-refractivity contribution is 0.324. The predicted octanol–water partition coefficient (Wildman–Crippen LogP) is 1.90. The highest BCUT2D eigenvalue weighted by Crippen LogP contribution is 2.23. The largest absolute Gasteiger partial charge is 0.460 e. The van der Waals surface area contributed by atoms with Crippen molar-refractivity contribution in [2.45, 2.75) is 0 Å². The Bertz CT molecular complexity index is 485. The van der Waals surface area contributed by atoms with Crippen LogP contribution < -0.4 is 4.74 Å². The molecule has 0 N–H and O–H groups in total. The fourth-order valence-electron chi connectivity index (χ4n) is 1.54. The highest BCUT2D eigenvalue weighted by Gasteiger charge is 2.10. The summed E-state index contributed by atoms with van der Waals surface area (Å²) in [6.07, 6.45) is 3.97. The molecule has 0 spiro atoms. The summed E-state index contributed by atoms with van der Waals surface area (Å²) < 4.78 is 7.33. The number of fused-ring (bicyclic) bond motifs is 3. The molecule has 3 heteroatoms. The molecule has 0 bridgehead atoms. The van der Waals surface area contributed by atoms with Crippen LogP contribution in [-0.2, 0) is 0 Å². The van der Waals surface area contributed by atoms with Crippen LogP contribution in [0.5, 0.6) is 6.01 Å². The Hall–Kier alpha value is -1.77. The lowest BCUT2D eigenvalue weighted by Crippen LogP contribution is -2.04. The normalized spacial score (nSPS) is 14.2. The number of hydrogen-bond acceptors (Lipinski definition) is 2. The van der Waals surface area contributed by atoms with E-state index in [0.29, 0.717) is 12.6 Å². The molecular formula is C10H8N2O. The van der Waals surface area contributed by atoms with Crippen molar-refractivity contribution in [2.24, 2.45) is 0 Å². The number of hydrogen-bond donors (Lipinski definition) is 0. The van der Waals surface area contributed by atoms with E-state index in [1.807, 2.05) is 41.1 Å². The molecule has 64 valence electrons. The van der Waals surface area contributed by atoms with E-state index < -0.39 is 0 Å². The standard InChI is InChI=1S/C10H8N2O/c1-2-5-9-8(4-1)11-10-12(9)6-3-7-13-10/h1-6H,7H2. The molecular weight excluding hydrogens is 164 g/mol. The monoisotopic (exact) mass is 172 g/mol. The topological polar surface area (TPSA) is 27.1 Å². The second-order valence-corrected chi connectivity index (χ2v) is 2.95. The number of benzene rings is 1. The van der Waals surface area contributed by atoms with Gasteiger partial charge in [-0.25, -0.2) is 0 Å². The summed E-state index contributed by atoms with van der Waals surface area (Å²) in [5.41, 5.74) is 2.07. The summed E-state index contributed by atoms with van der Waals surface area (Å²) >= 11 is 0. The van der Waals surface area contributed by atoms with Crippen LogP contribution in [0.25, 0.3) is 17.2 Å². The molecule has 0 fully saturated rings. The number of para-hydroxylation sites is 2. The average Bonchev–Trinajstić information content (AvgIpc) is 2.56. The third-order valence-electron chi connectivity index (χ3n) is 2.13. The van der Waals surface area contributed by atoms with Gasteiger partial charge in [0.05, 0.1) is 11.0 Å². The highest BCUT2D eigenvalue weighted by atomic mass is 16.5. The highest BCUT2D eigenvalue weighted by molar-refractivity contribution is 5.79. The molecule has 1 aliphatic heterocycles. The quantitative estimate of drug-likeness (QED) is 0.606. The van der Waals surface area contributed by atoms with Gasteiger partial charge in [0.1, 0.15) is 6.61 Å². The van der Waals surface area contributed by atoms with E-state index in [1.54, 1.807) is 0 Å². The van der Waals surface area contributed by atoms with Crippen molar-refractivity contribution in [3.05, 3.63) is 30.3 Å². The molecule has 0 saturated carbocycles. The summed E-state index contributed by atoms with van der Waals surface area (Å²) in [4.78, 5) is 4.34. The van der Waals surface area contributed by atoms with Gasteiger partial charge in [-0.05, 0) is 18.2 Å². The maximum absolute atomic E-state index is 5.37. The Labute approximate surface area is 75.3 Å². The third kappa shape index (κ3) is 0.869. The van der Waals surface area contributed by atoms with E-state index in [-0.39, 0.29) is 0 Å². The van der Waals surface area contributed by atoms with E-state index in [2.05, 4.69) is 4.98 Å². The molecule has 0 unspecified atom stereocenters. The van der Waals surface area contributed by atoms with Gasteiger partial charge in [-0.2, -0.15) is 4.98 Å². The van der Waals surface area contributed by atoms with Gasteiger partial charge in [0.2, 0.25) is 0 Å². The summed E-state index contributed by atoms with van der Waals surface area (Å²) in [7, 11) is 0. The minimum Gasteiger partial charge on any atom is -0.460 e. The van der Waals surface area contributed by atoms with Gasteiger partial charge >= 0.3 is 6.01 Å². The number of nitrogens with zero attached hydrogens (tertiary/aromatic N) is 2. The van der Waals surface area contributed by atoms with Crippen LogP contribution in [0.2, 0.25) is 0 Å². The van der Waals surface area contributed by atoms with E-state index in [0.717, 1.165) is 11.0 Å². The van der Waals surface area contributed by atoms with Crippen LogP contribution in [0.3, 0.4) is 0 Å². The Kier molecular flexibility index (Phi) is 1.22. The first-order chi connectivity index (χ1) is 6.45. The zero-order valence-corrected chi connectivity index (χ0v) is 6.97. The van der Waals surface area contributed by atoms with Crippen LogP contribution in [-0.4, -0.2) is 16.2 Å². The van der Waals surface area contributed by atoms with Crippen molar-refractivity contribution in [3.63, 3.8) is 0 Å². The SMILES string of the molecule is C1=Cn2c(nc3ccccc32)OC1. The molecule has 3 rings (SSSR count). The summed E-state index contributed by atoms with van der Waals surface area (Å²) in [5, 5.41) is 0. The third-order valence-corrected chi connectivity index (χ3v) is 2.13. The van der Waals surface area contributed by atoms with Crippen LogP contribution in [0.1, 0.15) is 0 Å². The second-order valence-electron chi connectivity index (χ2n) is 2.95. The Morgan fingerprint density at radius 3 is 3.23 bits per heavy atom. The van der Waals surface area contributed by atoms with Crippen molar-refractivity contribution in [3.8, 4) is 6.01 Å². The van der Waals surface area contributed by atoms with E-state index in [4.69, 9.17) is 4.74 Å². The number of ether oxygens (including phenoxy) is 1. The van der Waals surface area contributed by atoms with Gasteiger partial charge in [-0.15, -0.1) is 0 Å². The van der Waals surface area contributed by atoms with Crippen LogP contribution in [0, 0.1) is 0 Å². The van der Waals surface area contributed by atoms with Crippen LogP contribution in [0.4, 0.5) is 0 Å². The molecule has 0 radical (unpaired) electrons. The van der Waals surface area contributed by atoms with Crippen molar-refractivity contribution < 1.29 is 4.74 Å². The van der Waals surface area contributed by atoms with Gasteiger partial charge < -0.3 is 4.74 Å². The Morgan fingerprint density at radius 2 is 2.23 bits per heavy atom. The van der Waals surface area contributed by atoms with Gasteiger partial charge in [0, 0.05) is 6.20 Å². The predicted molar refractivity (Wildman–Crippen MR) is 50.6 cm³/mol. The molecule has 1 aromatic carbocycles. The first kappa shape index (κ1) is 6.71. The molecule has 2 heterocycles. The Morgan fingerprint density at radius 1 is 1.31 bits per heavy atom. The maximum Gasteiger partial charge on any atom is 0.301 e. The smallest absolute Gasteiger partial charge is 0.301 e. The molecule has 0 amide bonds. The fraction of sp³-hybridized carbons (Fsp3) is 0.100. The molecule has 0 saturated heterocycles. The van der Waals surface area contributed by atoms with Crippen molar-refractivity contribution in [1.82, 2.24) is 9.55 Å². The van der Waals surface area contributed by atoms with Gasteiger partial charge in [-0.1, -0.05) is 12.1 Å². The average molecular weight is 172 g/mol. The van der Waals surface area contributed by atoms with Gasteiger partial charge in [0.15, 0.2) is 0 Å². The van der Waals surface area contributed by atoms with E-state index >= 15 is 0 Å². The number of imidazole rings is 1. The first-order valence-corrected chi connectivity index (χ1v) is 4.21. The summed E-state index contributed by atoms with van der Waals surface area (Å²) in [6.45, 7) is 0.614. The van der Waals surface area contributed by atoms with E-state index in [9.17, 15) is 0 Å². The van der Waals surface area contributed by atoms with E-state index in [1.165, 1.54) is 0 Å². The minimum absolute atomic E-state index is 0.614. The van der Waals surface area contributed by atoms with Gasteiger partial charge in [-0.3, -0.25) is 4.57 Å². The molecule has 2 aromatic rings. The second kappa shape index (κ2) is 2.36. The zero-order valence-electron chi connectivity index (χ0n) is 6.97. The lowest BCUT2D eigenvalue weighted by atomic mass is 10.3. The lowest BCUT2D eigenvalue weighted by Gasteiger charge is -2.08. The van der Waals surface area contributed by atoms with Crippen molar-refractivity contribution in [2.75, 3.05) is 6.61 Å². The van der Waals surface area contributed by atoms with Crippen LogP contribution in [0.15, 0.2) is 30.3 Å². The Balaban J connectivity index is 2.42. The fourth-order valence-corrected chi connectivity index (χ4v) is 1.54. The molecule has 1 aliphatic rings. The zero-order chi connectivity index (χ0) is 8.67. The first-order valence-electron chi connectivity index (χ1n) is 4.21. The molecule has 3 nitrogen and oxygen atoms in total. The molecule has 13 heavy (non-hydrogen) atoms. The molecule has 0 aliphatic carbocycles. The minimum atomic E-state index is 0.614. The van der Waals surface area contributed by atoms with Crippen molar-refractivity contribution >= 4 is 17.2 Å². The summed E-state index contributed by atoms with van der Waals surface area (Å²) in [5.74, 6) is 0. The maximum atomic E-state index is 5.37. The molecule has 0 atom stereocenters. The number of aromatic nitrogens is 2. The summed E-state index contributed by atoms with van der Waals surface area (Å²) in [6, 6.07) is 8.68.